The number of H-pyrrole nitrogens is 1. The molecule has 82 valence electrons. The largest absolute Gasteiger partial charge is 0.507 e. The van der Waals surface area contributed by atoms with Gasteiger partial charge in [-0.25, -0.2) is 4.98 Å². The number of rotatable bonds is 3. The van der Waals surface area contributed by atoms with Crippen LogP contribution in [0.3, 0.4) is 0 Å². The molecule has 16 heavy (non-hydrogen) atoms. The highest BCUT2D eigenvalue weighted by atomic mass is 16.3. The number of nitrogen functional groups attached to an aromatic ring is 1. The Morgan fingerprint density at radius 1 is 1.50 bits per heavy atom. The zero-order valence-electron chi connectivity index (χ0n) is 8.57. The van der Waals surface area contributed by atoms with E-state index in [0.29, 0.717) is 12.0 Å². The van der Waals surface area contributed by atoms with Crippen molar-refractivity contribution >= 4 is 5.84 Å². The van der Waals surface area contributed by atoms with E-state index in [1.165, 1.54) is 0 Å². The smallest absolute Gasteiger partial charge is 0.130 e. The third kappa shape index (κ3) is 1.88. The summed E-state index contributed by atoms with van der Waals surface area (Å²) < 4.78 is 0. The Balaban J connectivity index is 2.35. The molecule has 2 rings (SSSR count). The topological polar surface area (TPSA) is 98.8 Å². The van der Waals surface area contributed by atoms with Crippen molar-refractivity contribution in [2.24, 2.45) is 5.73 Å². The monoisotopic (exact) mass is 216 g/mol. The van der Waals surface area contributed by atoms with Crippen LogP contribution in [0.5, 0.6) is 5.75 Å². The minimum absolute atomic E-state index is 0.0598. The van der Waals surface area contributed by atoms with Crippen LogP contribution in [0.25, 0.3) is 0 Å². The molecule has 0 amide bonds. The first-order valence-corrected chi connectivity index (χ1v) is 4.81. The second-order valence-electron chi connectivity index (χ2n) is 3.48. The molecule has 5 N–H and O–H groups in total. The molecule has 0 aliphatic rings. The SMILES string of the molecule is N=C(N)c1cccc(Cc2cnc[nH]2)c1O. The summed E-state index contributed by atoms with van der Waals surface area (Å²) in [6, 6.07) is 5.18. The van der Waals surface area contributed by atoms with E-state index in [-0.39, 0.29) is 11.6 Å². The minimum Gasteiger partial charge on any atom is -0.507 e. The van der Waals surface area contributed by atoms with E-state index in [1.807, 2.05) is 0 Å². The van der Waals surface area contributed by atoms with Gasteiger partial charge in [-0.15, -0.1) is 0 Å². The van der Waals surface area contributed by atoms with Gasteiger partial charge in [0.1, 0.15) is 11.6 Å². The molecule has 0 spiro atoms. The Morgan fingerprint density at radius 2 is 2.31 bits per heavy atom. The molecule has 0 atom stereocenters. The third-order valence-corrected chi connectivity index (χ3v) is 2.35. The van der Waals surface area contributed by atoms with Gasteiger partial charge in [-0.1, -0.05) is 12.1 Å². The quantitative estimate of drug-likeness (QED) is 0.454. The number of hydrogen-bond acceptors (Lipinski definition) is 3. The zero-order chi connectivity index (χ0) is 11.5. The van der Waals surface area contributed by atoms with Crippen molar-refractivity contribution in [2.75, 3.05) is 0 Å². The second-order valence-corrected chi connectivity index (χ2v) is 3.48. The van der Waals surface area contributed by atoms with Crippen LogP contribution in [0.15, 0.2) is 30.7 Å². The first kappa shape index (κ1) is 10.2. The molecule has 2 aromatic rings. The molecule has 5 nitrogen and oxygen atoms in total. The predicted molar refractivity (Wildman–Crippen MR) is 60.5 cm³/mol. The van der Waals surface area contributed by atoms with Gasteiger partial charge in [0.05, 0.1) is 11.9 Å². The van der Waals surface area contributed by atoms with Crippen molar-refractivity contribution in [2.45, 2.75) is 6.42 Å². The molecule has 0 aliphatic carbocycles. The highest BCUT2D eigenvalue weighted by Crippen LogP contribution is 2.23. The third-order valence-electron chi connectivity index (χ3n) is 2.35. The van der Waals surface area contributed by atoms with Crippen LogP contribution in [-0.2, 0) is 6.42 Å². The predicted octanol–water partition coefficient (Wildman–Crippen LogP) is 0.990. The zero-order valence-corrected chi connectivity index (χ0v) is 8.57. The lowest BCUT2D eigenvalue weighted by molar-refractivity contribution is 0.468. The molecule has 5 heteroatoms. The van der Waals surface area contributed by atoms with Gasteiger partial charge < -0.3 is 15.8 Å². The number of benzene rings is 1. The van der Waals surface area contributed by atoms with Crippen molar-refractivity contribution in [3.05, 3.63) is 47.5 Å². The molecule has 1 heterocycles. The van der Waals surface area contributed by atoms with E-state index in [9.17, 15) is 5.11 Å². The molecule has 0 bridgehead atoms. The number of nitrogens with two attached hydrogens (primary N) is 1. The summed E-state index contributed by atoms with van der Waals surface area (Å²) in [4.78, 5) is 6.86. The molecule has 0 radical (unpaired) electrons. The molecule has 0 unspecified atom stereocenters. The molecule has 0 saturated heterocycles. The fourth-order valence-electron chi connectivity index (χ4n) is 1.54. The van der Waals surface area contributed by atoms with Gasteiger partial charge in [0, 0.05) is 23.9 Å². The number of nitrogens with one attached hydrogen (secondary N) is 2. The molecule has 1 aromatic carbocycles. The number of imidazole rings is 1. The molecular formula is C11H12N4O. The minimum atomic E-state index is -0.135. The summed E-state index contributed by atoms with van der Waals surface area (Å²) in [6.07, 6.45) is 3.81. The maximum absolute atomic E-state index is 9.90. The standard InChI is InChI=1S/C11H12N4O/c12-11(13)9-3-1-2-7(10(9)16)4-8-5-14-6-15-8/h1-3,5-6,16H,4H2,(H3,12,13)(H,14,15). The van der Waals surface area contributed by atoms with Gasteiger partial charge in [-0.3, -0.25) is 5.41 Å². The molecule has 0 aliphatic heterocycles. The summed E-state index contributed by atoms with van der Waals surface area (Å²) >= 11 is 0. The number of amidine groups is 1. The van der Waals surface area contributed by atoms with E-state index in [0.717, 1.165) is 11.3 Å². The highest BCUT2D eigenvalue weighted by molar-refractivity contribution is 5.97. The lowest BCUT2D eigenvalue weighted by Gasteiger charge is -2.07. The molecular weight excluding hydrogens is 204 g/mol. The Hall–Kier alpha value is -2.30. The summed E-state index contributed by atoms with van der Waals surface area (Å²) in [7, 11) is 0. The number of nitrogens with zero attached hydrogens (tertiary/aromatic N) is 1. The summed E-state index contributed by atoms with van der Waals surface area (Å²) in [5.74, 6) is -0.0754. The Bertz CT molecular complexity index is 505. The van der Waals surface area contributed by atoms with Crippen LogP contribution in [-0.4, -0.2) is 20.9 Å². The number of phenols is 1. The number of hydrogen-bond donors (Lipinski definition) is 4. The van der Waals surface area contributed by atoms with E-state index >= 15 is 0 Å². The number of phenolic OH excluding ortho intramolecular Hbond substituents is 1. The summed E-state index contributed by atoms with van der Waals surface area (Å²) in [5.41, 5.74) is 7.34. The van der Waals surface area contributed by atoms with Crippen molar-refractivity contribution in [1.82, 2.24) is 9.97 Å². The number of para-hydroxylation sites is 1. The first-order valence-electron chi connectivity index (χ1n) is 4.81. The maximum Gasteiger partial charge on any atom is 0.130 e. The lowest BCUT2D eigenvalue weighted by Crippen LogP contribution is -2.11. The fraction of sp³-hybridized carbons (Fsp3) is 0.0909. The van der Waals surface area contributed by atoms with E-state index < -0.39 is 0 Å². The number of aromatic amines is 1. The van der Waals surface area contributed by atoms with E-state index in [2.05, 4.69) is 9.97 Å². The van der Waals surface area contributed by atoms with Crippen molar-refractivity contribution in [1.29, 1.82) is 5.41 Å². The lowest BCUT2D eigenvalue weighted by atomic mass is 10.0. The summed E-state index contributed by atoms with van der Waals surface area (Å²) in [6.45, 7) is 0. The van der Waals surface area contributed by atoms with Crippen molar-refractivity contribution in [3.63, 3.8) is 0 Å². The van der Waals surface area contributed by atoms with Gasteiger partial charge in [-0.05, 0) is 6.07 Å². The average Bonchev–Trinajstić information content (AvgIpc) is 2.73. The van der Waals surface area contributed by atoms with Crippen LogP contribution >= 0.6 is 0 Å². The maximum atomic E-state index is 9.90. The Morgan fingerprint density at radius 3 is 2.94 bits per heavy atom. The van der Waals surface area contributed by atoms with Gasteiger partial charge in [0.15, 0.2) is 0 Å². The van der Waals surface area contributed by atoms with Crippen LogP contribution < -0.4 is 5.73 Å². The second kappa shape index (κ2) is 4.06. The normalized spacial score (nSPS) is 10.2. The molecule has 0 saturated carbocycles. The van der Waals surface area contributed by atoms with Crippen molar-refractivity contribution in [3.8, 4) is 5.75 Å². The van der Waals surface area contributed by atoms with E-state index in [1.54, 1.807) is 30.7 Å². The van der Waals surface area contributed by atoms with Crippen LogP contribution in [0.4, 0.5) is 0 Å². The van der Waals surface area contributed by atoms with E-state index in [4.69, 9.17) is 11.1 Å². The Kier molecular flexibility index (Phi) is 2.59. The number of aromatic hydroxyl groups is 1. The van der Waals surface area contributed by atoms with Crippen LogP contribution in [0.1, 0.15) is 16.8 Å². The van der Waals surface area contributed by atoms with Crippen LogP contribution in [0.2, 0.25) is 0 Å². The number of aromatic nitrogens is 2. The Labute approximate surface area is 92.5 Å². The van der Waals surface area contributed by atoms with Gasteiger partial charge in [0.25, 0.3) is 0 Å². The van der Waals surface area contributed by atoms with Gasteiger partial charge >= 0.3 is 0 Å². The van der Waals surface area contributed by atoms with Gasteiger partial charge in [-0.2, -0.15) is 0 Å². The molecule has 0 fully saturated rings. The van der Waals surface area contributed by atoms with Crippen molar-refractivity contribution < 1.29 is 5.11 Å². The fourth-order valence-corrected chi connectivity index (χ4v) is 1.54. The molecule has 1 aromatic heterocycles. The average molecular weight is 216 g/mol. The first-order chi connectivity index (χ1) is 7.68. The summed E-state index contributed by atoms with van der Waals surface area (Å²) in [5, 5.41) is 17.2. The van der Waals surface area contributed by atoms with Gasteiger partial charge in [0.2, 0.25) is 0 Å². The van der Waals surface area contributed by atoms with Crippen LogP contribution in [0, 0.1) is 5.41 Å². The highest BCUT2D eigenvalue weighted by Gasteiger charge is 2.09.